The van der Waals surface area contributed by atoms with Gasteiger partial charge in [0.1, 0.15) is 0 Å². The SMILES string of the molecule is C=C(S)N=C(C)C=C(C)C. The van der Waals surface area contributed by atoms with E-state index in [1.807, 2.05) is 26.8 Å². The van der Waals surface area contributed by atoms with E-state index in [1.54, 1.807) is 0 Å². The zero-order chi connectivity index (χ0) is 8.15. The summed E-state index contributed by atoms with van der Waals surface area (Å²) in [5, 5.41) is 0.551. The molecule has 0 saturated carbocycles. The molecule has 0 bridgehead atoms. The van der Waals surface area contributed by atoms with Gasteiger partial charge in [-0.05, 0) is 26.8 Å². The van der Waals surface area contributed by atoms with Crippen molar-refractivity contribution in [1.82, 2.24) is 0 Å². The summed E-state index contributed by atoms with van der Waals surface area (Å²) >= 11 is 3.95. The van der Waals surface area contributed by atoms with Crippen molar-refractivity contribution in [2.24, 2.45) is 4.99 Å². The highest BCUT2D eigenvalue weighted by Crippen LogP contribution is 1.99. The first-order valence-electron chi connectivity index (χ1n) is 3.10. The van der Waals surface area contributed by atoms with Crippen molar-refractivity contribution in [1.29, 1.82) is 0 Å². The largest absolute Gasteiger partial charge is 0.248 e. The first kappa shape index (κ1) is 9.50. The van der Waals surface area contributed by atoms with Gasteiger partial charge in [-0.15, -0.1) is 12.6 Å². The Balaban J connectivity index is 4.22. The van der Waals surface area contributed by atoms with Crippen molar-refractivity contribution in [2.75, 3.05) is 0 Å². The minimum Gasteiger partial charge on any atom is -0.248 e. The van der Waals surface area contributed by atoms with Crippen LogP contribution in [0.1, 0.15) is 20.8 Å². The summed E-state index contributed by atoms with van der Waals surface area (Å²) in [6.45, 7) is 9.53. The van der Waals surface area contributed by atoms with Gasteiger partial charge in [0.05, 0.1) is 5.03 Å². The maximum absolute atomic E-state index is 4.03. The Bertz CT molecular complexity index is 185. The fraction of sp³-hybridized carbons (Fsp3) is 0.375. The number of hydrogen-bond donors (Lipinski definition) is 1. The number of rotatable bonds is 2. The summed E-state index contributed by atoms with van der Waals surface area (Å²) in [5.41, 5.74) is 2.18. The van der Waals surface area contributed by atoms with Gasteiger partial charge in [0.25, 0.3) is 0 Å². The predicted octanol–water partition coefficient (Wildman–Crippen LogP) is 2.81. The summed E-state index contributed by atoms with van der Waals surface area (Å²) in [6.07, 6.45) is 1.99. The molecule has 0 heterocycles. The lowest BCUT2D eigenvalue weighted by atomic mass is 10.2. The molecule has 0 spiro atoms. The summed E-state index contributed by atoms with van der Waals surface area (Å²) in [6, 6.07) is 0. The number of hydrogen-bond acceptors (Lipinski definition) is 2. The molecular formula is C8H13NS. The lowest BCUT2D eigenvalue weighted by Crippen LogP contribution is -1.84. The molecular weight excluding hydrogens is 142 g/mol. The Morgan fingerprint density at radius 1 is 1.40 bits per heavy atom. The molecule has 0 N–H and O–H groups in total. The van der Waals surface area contributed by atoms with Gasteiger partial charge in [-0.3, -0.25) is 0 Å². The first-order chi connectivity index (χ1) is 4.52. The second kappa shape index (κ2) is 4.34. The van der Waals surface area contributed by atoms with Gasteiger partial charge < -0.3 is 0 Å². The van der Waals surface area contributed by atoms with Crippen molar-refractivity contribution >= 4 is 18.3 Å². The van der Waals surface area contributed by atoms with Crippen LogP contribution < -0.4 is 0 Å². The molecule has 0 aromatic rings. The molecule has 0 rings (SSSR count). The van der Waals surface area contributed by atoms with E-state index in [4.69, 9.17) is 0 Å². The number of nitrogens with zero attached hydrogens (tertiary/aromatic N) is 1. The molecule has 0 aliphatic heterocycles. The maximum atomic E-state index is 4.03. The highest BCUT2D eigenvalue weighted by atomic mass is 32.1. The standard InChI is InChI=1S/C8H13NS/c1-6(2)5-7(3)9-8(4)10/h5,10H,4H2,1-3H3. The number of thiol groups is 1. The van der Waals surface area contributed by atoms with Crippen molar-refractivity contribution in [3.8, 4) is 0 Å². The molecule has 56 valence electrons. The normalized spacial score (nSPS) is 11.0. The molecule has 1 nitrogen and oxygen atoms in total. The summed E-state index contributed by atoms with van der Waals surface area (Å²) in [5.74, 6) is 0. The van der Waals surface area contributed by atoms with E-state index in [9.17, 15) is 0 Å². The topological polar surface area (TPSA) is 12.4 Å². The molecule has 2 heteroatoms. The van der Waals surface area contributed by atoms with E-state index >= 15 is 0 Å². The fourth-order valence-corrected chi connectivity index (χ4v) is 0.811. The van der Waals surface area contributed by atoms with E-state index in [2.05, 4.69) is 24.2 Å². The van der Waals surface area contributed by atoms with Gasteiger partial charge in [-0.25, -0.2) is 4.99 Å². The average Bonchev–Trinajstić information content (AvgIpc) is 1.58. The number of allylic oxidation sites excluding steroid dienone is 2. The van der Waals surface area contributed by atoms with Gasteiger partial charge in [0, 0.05) is 5.71 Å². The van der Waals surface area contributed by atoms with Crippen LogP contribution in [-0.4, -0.2) is 5.71 Å². The lowest BCUT2D eigenvalue weighted by molar-refractivity contribution is 1.39. The van der Waals surface area contributed by atoms with Crippen LogP contribution in [0.5, 0.6) is 0 Å². The molecule has 0 unspecified atom stereocenters. The Kier molecular flexibility index (Phi) is 4.12. The Labute approximate surface area is 68.0 Å². The molecule has 0 fully saturated rings. The van der Waals surface area contributed by atoms with E-state index in [1.165, 1.54) is 5.57 Å². The molecule has 0 atom stereocenters. The molecule has 0 aliphatic rings. The van der Waals surface area contributed by atoms with Crippen LogP contribution in [0.25, 0.3) is 0 Å². The van der Waals surface area contributed by atoms with Crippen molar-refractivity contribution < 1.29 is 0 Å². The maximum Gasteiger partial charge on any atom is 0.0860 e. The molecule has 10 heavy (non-hydrogen) atoms. The highest BCUT2D eigenvalue weighted by molar-refractivity contribution is 7.84. The van der Waals surface area contributed by atoms with Crippen molar-refractivity contribution in [2.45, 2.75) is 20.8 Å². The van der Waals surface area contributed by atoms with Gasteiger partial charge in [-0.2, -0.15) is 0 Å². The van der Waals surface area contributed by atoms with Crippen LogP contribution in [0.3, 0.4) is 0 Å². The van der Waals surface area contributed by atoms with Crippen LogP contribution in [-0.2, 0) is 0 Å². The lowest BCUT2D eigenvalue weighted by Gasteiger charge is -1.91. The average molecular weight is 155 g/mol. The van der Waals surface area contributed by atoms with Crippen LogP contribution in [0.4, 0.5) is 0 Å². The predicted molar refractivity (Wildman–Crippen MR) is 50.7 cm³/mol. The van der Waals surface area contributed by atoms with Crippen LogP contribution in [0.2, 0.25) is 0 Å². The Morgan fingerprint density at radius 3 is 2.20 bits per heavy atom. The highest BCUT2D eigenvalue weighted by Gasteiger charge is 1.84. The second-order valence-electron chi connectivity index (χ2n) is 2.39. The molecule has 0 saturated heterocycles. The van der Waals surface area contributed by atoms with E-state index in [-0.39, 0.29) is 0 Å². The zero-order valence-corrected chi connectivity index (χ0v) is 7.57. The minimum absolute atomic E-state index is 0.551. The Hall–Kier alpha value is -0.500. The second-order valence-corrected chi connectivity index (χ2v) is 2.91. The van der Waals surface area contributed by atoms with Crippen LogP contribution in [0.15, 0.2) is 28.2 Å². The monoisotopic (exact) mass is 155 g/mol. The Morgan fingerprint density at radius 2 is 1.90 bits per heavy atom. The third-order valence-electron chi connectivity index (χ3n) is 0.803. The van der Waals surface area contributed by atoms with Crippen molar-refractivity contribution in [3.63, 3.8) is 0 Å². The van der Waals surface area contributed by atoms with E-state index in [0.29, 0.717) is 5.03 Å². The van der Waals surface area contributed by atoms with Gasteiger partial charge in [-0.1, -0.05) is 12.2 Å². The summed E-state index contributed by atoms with van der Waals surface area (Å²) in [4.78, 5) is 4.03. The molecule has 0 radical (unpaired) electrons. The minimum atomic E-state index is 0.551. The van der Waals surface area contributed by atoms with Crippen molar-refractivity contribution in [3.05, 3.63) is 23.3 Å². The van der Waals surface area contributed by atoms with Gasteiger partial charge in [0.2, 0.25) is 0 Å². The zero-order valence-electron chi connectivity index (χ0n) is 6.68. The summed E-state index contributed by atoms with van der Waals surface area (Å²) in [7, 11) is 0. The molecule has 0 amide bonds. The van der Waals surface area contributed by atoms with E-state index in [0.717, 1.165) is 5.71 Å². The first-order valence-corrected chi connectivity index (χ1v) is 3.55. The smallest absolute Gasteiger partial charge is 0.0860 e. The van der Waals surface area contributed by atoms with Gasteiger partial charge in [0.15, 0.2) is 0 Å². The van der Waals surface area contributed by atoms with Gasteiger partial charge >= 0.3 is 0 Å². The fourth-order valence-electron chi connectivity index (χ4n) is 0.654. The molecule has 0 aromatic heterocycles. The third-order valence-corrected chi connectivity index (χ3v) is 0.903. The quantitative estimate of drug-likeness (QED) is 0.465. The van der Waals surface area contributed by atoms with Crippen LogP contribution >= 0.6 is 12.6 Å². The van der Waals surface area contributed by atoms with E-state index < -0.39 is 0 Å². The third kappa shape index (κ3) is 5.63. The summed E-state index contributed by atoms with van der Waals surface area (Å²) < 4.78 is 0. The molecule has 0 aromatic carbocycles. The number of aliphatic imine (C=N–C) groups is 1. The van der Waals surface area contributed by atoms with Crippen LogP contribution in [0, 0.1) is 0 Å². The molecule has 0 aliphatic carbocycles.